The number of ketones is 2. The average molecular weight is 532 g/mol. The van der Waals surface area contributed by atoms with Crippen LogP contribution in [0.4, 0.5) is 5.69 Å². The van der Waals surface area contributed by atoms with Crippen LogP contribution in [0.5, 0.6) is 5.75 Å². The number of carbonyl (C=O) groups excluding carboxylic acids is 4. The van der Waals surface area contributed by atoms with Gasteiger partial charge in [-0.2, -0.15) is 0 Å². The summed E-state index contributed by atoms with van der Waals surface area (Å²) >= 11 is 3.50. The van der Waals surface area contributed by atoms with Gasteiger partial charge in [0.1, 0.15) is 5.75 Å². The number of imide groups is 1. The lowest BCUT2D eigenvalue weighted by molar-refractivity contribution is -0.127. The molecule has 3 atom stereocenters. The Balaban J connectivity index is 1.54. The number of fused-ring (bicyclic) bond motifs is 3. The average Bonchev–Trinajstić information content (AvgIpc) is 3.44. The third kappa shape index (κ3) is 2.81. The number of Topliss-reactive ketones (excluding diaryl/α,β-unsaturated/α-hetero) is 2. The minimum atomic E-state index is -2.09. The summed E-state index contributed by atoms with van der Waals surface area (Å²) < 4.78 is 12.1. The Labute approximate surface area is 208 Å². The Morgan fingerprint density at radius 1 is 0.829 bits per heavy atom. The molecule has 2 aliphatic heterocycles. The Morgan fingerprint density at radius 2 is 1.43 bits per heavy atom. The molecule has 2 fully saturated rings. The van der Waals surface area contributed by atoms with Crippen LogP contribution in [0.2, 0.25) is 0 Å². The Hall–Kier alpha value is -3.62. The van der Waals surface area contributed by atoms with E-state index in [-0.39, 0.29) is 11.1 Å². The van der Waals surface area contributed by atoms with Crippen LogP contribution in [0.25, 0.3) is 0 Å². The Morgan fingerprint density at radius 3 is 2.03 bits per heavy atom. The molecule has 3 aromatic carbocycles. The van der Waals surface area contributed by atoms with Crippen LogP contribution in [0.1, 0.15) is 32.4 Å². The minimum absolute atomic E-state index is 0.201. The maximum Gasteiger partial charge on any atom is 0.241 e. The van der Waals surface area contributed by atoms with Crippen LogP contribution in [0, 0.1) is 11.8 Å². The van der Waals surface area contributed by atoms with Crippen molar-refractivity contribution in [1.29, 1.82) is 0 Å². The van der Waals surface area contributed by atoms with Gasteiger partial charge in [0.15, 0.2) is 0 Å². The van der Waals surface area contributed by atoms with E-state index < -0.39 is 46.9 Å². The summed E-state index contributed by atoms with van der Waals surface area (Å²) in [6.45, 7) is 0. The SMILES string of the molecule is COc1ccc(N2C(=O)[C@@H]3[C@H](c4ccccc4Br)OC4(C(=O)c5ccccc5C4=O)[C@H]3C2=O)cc1. The van der Waals surface area contributed by atoms with Crippen molar-refractivity contribution in [3.8, 4) is 5.75 Å². The number of carbonyl (C=O) groups is 4. The molecule has 0 unspecified atom stereocenters. The summed E-state index contributed by atoms with van der Waals surface area (Å²) in [7, 11) is 1.52. The normalized spacial score (nSPS) is 24.3. The van der Waals surface area contributed by atoms with Crippen LogP contribution in [0.3, 0.4) is 0 Å². The number of halogens is 1. The third-order valence-corrected chi connectivity index (χ3v) is 7.78. The van der Waals surface area contributed by atoms with E-state index in [1.54, 1.807) is 66.7 Å². The van der Waals surface area contributed by atoms with E-state index in [0.717, 1.165) is 4.90 Å². The molecule has 174 valence electrons. The maximum atomic E-state index is 13.9. The smallest absolute Gasteiger partial charge is 0.241 e. The van der Waals surface area contributed by atoms with Gasteiger partial charge in [0.2, 0.25) is 29.0 Å². The molecule has 0 radical (unpaired) electrons. The zero-order chi connectivity index (χ0) is 24.5. The standard InChI is InChI=1S/C27H18BrNO6/c1-34-15-12-10-14(11-13-15)29-25(32)20-21(26(29)33)27(35-22(20)18-8-4-5-9-19(18)28)23(30)16-6-2-3-7-17(16)24(27)31/h2-13,20-22H,1H3/t20-,21+,22-/m0/s1. The van der Waals surface area contributed by atoms with E-state index >= 15 is 0 Å². The molecule has 3 aromatic rings. The first kappa shape index (κ1) is 21.9. The van der Waals surface area contributed by atoms with Gasteiger partial charge < -0.3 is 9.47 Å². The van der Waals surface area contributed by atoms with Crippen LogP contribution < -0.4 is 9.64 Å². The highest BCUT2D eigenvalue weighted by atomic mass is 79.9. The van der Waals surface area contributed by atoms with Crippen molar-refractivity contribution < 1.29 is 28.7 Å². The van der Waals surface area contributed by atoms with Crippen molar-refractivity contribution in [1.82, 2.24) is 0 Å². The van der Waals surface area contributed by atoms with E-state index in [1.165, 1.54) is 7.11 Å². The number of hydrogen-bond donors (Lipinski definition) is 0. The van der Waals surface area contributed by atoms with Crippen molar-refractivity contribution in [2.45, 2.75) is 11.7 Å². The number of methoxy groups -OCH3 is 1. The number of amides is 2. The molecule has 8 heteroatoms. The second kappa shape index (κ2) is 7.69. The Bertz CT molecular complexity index is 1400. The number of benzene rings is 3. The summed E-state index contributed by atoms with van der Waals surface area (Å²) in [4.78, 5) is 56.3. The predicted octanol–water partition coefficient (Wildman–Crippen LogP) is 4.15. The molecule has 0 N–H and O–H groups in total. The van der Waals surface area contributed by atoms with Gasteiger partial charge in [0.25, 0.3) is 0 Å². The summed E-state index contributed by atoms with van der Waals surface area (Å²) in [5.74, 6) is -4.09. The molecule has 7 nitrogen and oxygen atoms in total. The minimum Gasteiger partial charge on any atom is -0.497 e. The largest absolute Gasteiger partial charge is 0.497 e. The summed E-state index contributed by atoms with van der Waals surface area (Å²) in [6, 6.07) is 20.0. The first-order chi connectivity index (χ1) is 16.9. The molecule has 0 saturated carbocycles. The lowest BCUT2D eigenvalue weighted by Gasteiger charge is -2.27. The fourth-order valence-corrected chi connectivity index (χ4v) is 6.00. The van der Waals surface area contributed by atoms with Crippen molar-refractivity contribution >= 4 is 45.0 Å². The molecule has 3 aliphatic rings. The number of rotatable bonds is 3. The van der Waals surface area contributed by atoms with Crippen LogP contribution in [-0.4, -0.2) is 36.1 Å². The molecule has 0 bridgehead atoms. The Kier molecular flexibility index (Phi) is 4.81. The first-order valence-corrected chi connectivity index (χ1v) is 11.8. The van der Waals surface area contributed by atoms with E-state index in [0.29, 0.717) is 21.5 Å². The van der Waals surface area contributed by atoms with Gasteiger partial charge in [-0.05, 0) is 35.9 Å². The summed E-state index contributed by atoms with van der Waals surface area (Å²) in [6.07, 6.45) is -0.975. The maximum absolute atomic E-state index is 13.9. The molecule has 2 heterocycles. The molecule has 1 spiro atoms. The predicted molar refractivity (Wildman–Crippen MR) is 128 cm³/mol. The fraction of sp³-hybridized carbons (Fsp3) is 0.185. The van der Waals surface area contributed by atoms with Gasteiger partial charge in [-0.15, -0.1) is 0 Å². The van der Waals surface area contributed by atoms with Crippen molar-refractivity contribution in [2.75, 3.05) is 12.0 Å². The molecule has 2 amide bonds. The zero-order valence-corrected chi connectivity index (χ0v) is 20.0. The fourth-order valence-electron chi connectivity index (χ4n) is 5.49. The van der Waals surface area contributed by atoms with Gasteiger partial charge in [-0.1, -0.05) is 58.4 Å². The van der Waals surface area contributed by atoms with Crippen LogP contribution >= 0.6 is 15.9 Å². The first-order valence-electron chi connectivity index (χ1n) is 11.0. The quantitative estimate of drug-likeness (QED) is 0.372. The molecule has 2 saturated heterocycles. The van der Waals surface area contributed by atoms with E-state index in [1.807, 2.05) is 6.07 Å². The number of nitrogens with zero attached hydrogens (tertiary/aromatic N) is 1. The monoisotopic (exact) mass is 531 g/mol. The lowest BCUT2D eigenvalue weighted by atomic mass is 9.77. The summed E-state index contributed by atoms with van der Waals surface area (Å²) in [5.41, 5.74) is -0.762. The van der Waals surface area contributed by atoms with Gasteiger partial charge in [0, 0.05) is 15.6 Å². The van der Waals surface area contributed by atoms with Gasteiger partial charge >= 0.3 is 0 Å². The van der Waals surface area contributed by atoms with Gasteiger partial charge in [-0.3, -0.25) is 19.2 Å². The van der Waals surface area contributed by atoms with Crippen molar-refractivity contribution in [2.24, 2.45) is 11.8 Å². The van der Waals surface area contributed by atoms with Crippen LogP contribution in [0.15, 0.2) is 77.3 Å². The second-order valence-corrected chi connectivity index (χ2v) is 9.57. The second-order valence-electron chi connectivity index (χ2n) is 8.71. The molecular formula is C27H18BrNO6. The molecule has 6 rings (SSSR count). The number of ether oxygens (including phenoxy) is 2. The van der Waals surface area contributed by atoms with Gasteiger partial charge in [-0.25, -0.2) is 4.90 Å². The van der Waals surface area contributed by atoms with E-state index in [2.05, 4.69) is 15.9 Å². The lowest BCUT2D eigenvalue weighted by Crippen LogP contribution is -2.51. The molecule has 1 aliphatic carbocycles. The van der Waals surface area contributed by atoms with E-state index in [4.69, 9.17) is 9.47 Å². The molecule has 0 aromatic heterocycles. The number of hydrogen-bond acceptors (Lipinski definition) is 6. The van der Waals surface area contributed by atoms with Gasteiger partial charge in [0.05, 0.1) is 30.7 Å². The van der Waals surface area contributed by atoms with E-state index in [9.17, 15) is 19.2 Å². The highest BCUT2D eigenvalue weighted by molar-refractivity contribution is 9.10. The summed E-state index contributed by atoms with van der Waals surface area (Å²) in [5, 5.41) is 0. The number of anilines is 1. The molecule has 35 heavy (non-hydrogen) atoms. The van der Waals surface area contributed by atoms with Crippen molar-refractivity contribution in [3.63, 3.8) is 0 Å². The topological polar surface area (TPSA) is 90.0 Å². The zero-order valence-electron chi connectivity index (χ0n) is 18.4. The van der Waals surface area contributed by atoms with Crippen molar-refractivity contribution in [3.05, 3.63) is 94.0 Å². The highest BCUT2D eigenvalue weighted by Gasteiger charge is 2.74. The highest BCUT2D eigenvalue weighted by Crippen LogP contribution is 2.58. The third-order valence-electron chi connectivity index (χ3n) is 7.06. The van der Waals surface area contributed by atoms with Crippen LogP contribution in [-0.2, 0) is 14.3 Å². The molecular weight excluding hydrogens is 514 g/mol.